The van der Waals surface area contributed by atoms with Gasteiger partial charge >= 0.3 is 0 Å². The number of nitrogens with one attached hydrogen (secondary N) is 1. The SMILES string of the molecule is CC[C@@H]1CNCc2nc(O)ccc2C1.Cl. The molecule has 0 fully saturated rings. The fourth-order valence-electron chi connectivity index (χ4n) is 1.92. The first-order valence-corrected chi connectivity index (χ1v) is 5.18. The lowest BCUT2D eigenvalue weighted by Crippen LogP contribution is -2.19. The van der Waals surface area contributed by atoms with Crippen LogP contribution in [0.15, 0.2) is 12.1 Å². The van der Waals surface area contributed by atoms with Gasteiger partial charge in [-0.1, -0.05) is 19.4 Å². The number of nitrogens with zero attached hydrogens (tertiary/aromatic N) is 1. The summed E-state index contributed by atoms with van der Waals surface area (Å²) in [6, 6.07) is 3.67. The molecular weight excluding hydrogens is 212 g/mol. The Morgan fingerprint density at radius 2 is 2.33 bits per heavy atom. The third-order valence-corrected chi connectivity index (χ3v) is 2.87. The summed E-state index contributed by atoms with van der Waals surface area (Å²) in [4.78, 5) is 4.14. The summed E-state index contributed by atoms with van der Waals surface area (Å²) >= 11 is 0. The predicted octanol–water partition coefficient (Wildman–Crippen LogP) is 1.88. The summed E-state index contributed by atoms with van der Waals surface area (Å²) in [5.74, 6) is 0.822. The number of hydrogen-bond acceptors (Lipinski definition) is 3. The van der Waals surface area contributed by atoms with Crippen LogP contribution in [-0.4, -0.2) is 16.6 Å². The Labute approximate surface area is 96.3 Å². The molecule has 0 aliphatic carbocycles. The molecule has 2 rings (SSSR count). The second-order valence-corrected chi connectivity index (χ2v) is 3.88. The van der Waals surface area contributed by atoms with E-state index in [0.717, 1.165) is 25.2 Å². The number of pyridine rings is 1. The number of fused-ring (bicyclic) bond motifs is 1. The second-order valence-electron chi connectivity index (χ2n) is 3.88. The lowest BCUT2D eigenvalue weighted by molar-refractivity contribution is 0.450. The molecule has 4 heteroatoms. The van der Waals surface area contributed by atoms with Gasteiger partial charge in [0, 0.05) is 12.6 Å². The molecule has 3 nitrogen and oxygen atoms in total. The lowest BCUT2D eigenvalue weighted by Gasteiger charge is -2.10. The van der Waals surface area contributed by atoms with Crippen LogP contribution in [0.25, 0.3) is 0 Å². The zero-order valence-corrected chi connectivity index (χ0v) is 9.68. The van der Waals surface area contributed by atoms with Crippen LogP contribution in [0.3, 0.4) is 0 Å². The Morgan fingerprint density at radius 3 is 3.07 bits per heavy atom. The first-order chi connectivity index (χ1) is 6.79. The van der Waals surface area contributed by atoms with Gasteiger partial charge in [0.15, 0.2) is 0 Å². The average molecular weight is 229 g/mol. The van der Waals surface area contributed by atoms with Crippen molar-refractivity contribution in [3.05, 3.63) is 23.4 Å². The molecule has 1 atom stereocenters. The minimum atomic E-state index is 0. The summed E-state index contributed by atoms with van der Waals surface area (Å²) in [7, 11) is 0. The van der Waals surface area contributed by atoms with Crippen molar-refractivity contribution in [2.75, 3.05) is 6.54 Å². The third kappa shape index (κ3) is 2.83. The van der Waals surface area contributed by atoms with Gasteiger partial charge < -0.3 is 10.4 Å². The summed E-state index contributed by atoms with van der Waals surface area (Å²) in [6.45, 7) is 4.04. The molecule has 0 radical (unpaired) electrons. The highest BCUT2D eigenvalue weighted by Crippen LogP contribution is 2.20. The Bertz CT molecular complexity index is 330. The number of hydrogen-bond donors (Lipinski definition) is 2. The quantitative estimate of drug-likeness (QED) is 0.772. The fourth-order valence-corrected chi connectivity index (χ4v) is 1.92. The zero-order chi connectivity index (χ0) is 9.97. The maximum atomic E-state index is 9.26. The van der Waals surface area contributed by atoms with Crippen LogP contribution in [0.4, 0.5) is 0 Å². The minimum absolute atomic E-state index is 0. The van der Waals surface area contributed by atoms with E-state index in [-0.39, 0.29) is 18.3 Å². The molecule has 84 valence electrons. The number of aromatic hydroxyl groups is 1. The Hall–Kier alpha value is -0.800. The van der Waals surface area contributed by atoms with Gasteiger partial charge in [-0.05, 0) is 24.4 Å². The van der Waals surface area contributed by atoms with E-state index in [4.69, 9.17) is 0 Å². The predicted molar refractivity (Wildman–Crippen MR) is 62.3 cm³/mol. The van der Waals surface area contributed by atoms with E-state index in [1.165, 1.54) is 12.0 Å². The number of rotatable bonds is 1. The van der Waals surface area contributed by atoms with Gasteiger partial charge in [-0.3, -0.25) is 0 Å². The molecule has 1 aromatic heterocycles. The molecule has 0 amide bonds. The monoisotopic (exact) mass is 228 g/mol. The minimum Gasteiger partial charge on any atom is -0.493 e. The fraction of sp³-hybridized carbons (Fsp3) is 0.545. The lowest BCUT2D eigenvalue weighted by atomic mass is 9.97. The summed E-state index contributed by atoms with van der Waals surface area (Å²) in [5.41, 5.74) is 2.28. The van der Waals surface area contributed by atoms with Gasteiger partial charge in [-0.2, -0.15) is 0 Å². The molecule has 2 N–H and O–H groups in total. The molecule has 2 heterocycles. The maximum absolute atomic E-state index is 9.26. The summed E-state index contributed by atoms with van der Waals surface area (Å²) in [6.07, 6.45) is 2.26. The second kappa shape index (κ2) is 5.33. The first kappa shape index (κ1) is 12.3. The van der Waals surface area contributed by atoms with Gasteiger partial charge in [0.25, 0.3) is 0 Å². The molecule has 0 spiro atoms. The van der Waals surface area contributed by atoms with Crippen molar-refractivity contribution in [1.29, 1.82) is 0 Å². The van der Waals surface area contributed by atoms with Crippen LogP contribution in [-0.2, 0) is 13.0 Å². The van der Waals surface area contributed by atoms with Crippen LogP contribution in [0.2, 0.25) is 0 Å². The third-order valence-electron chi connectivity index (χ3n) is 2.87. The highest BCUT2D eigenvalue weighted by Gasteiger charge is 2.15. The topological polar surface area (TPSA) is 45.2 Å². The van der Waals surface area contributed by atoms with Crippen molar-refractivity contribution in [1.82, 2.24) is 10.3 Å². The Morgan fingerprint density at radius 1 is 1.53 bits per heavy atom. The van der Waals surface area contributed by atoms with Crippen molar-refractivity contribution >= 4 is 12.4 Å². The molecule has 1 aliphatic rings. The van der Waals surface area contributed by atoms with E-state index < -0.39 is 0 Å². The van der Waals surface area contributed by atoms with E-state index in [9.17, 15) is 5.11 Å². The normalized spacial score (nSPS) is 19.9. The Kier molecular flexibility index (Phi) is 4.36. The van der Waals surface area contributed by atoms with Crippen molar-refractivity contribution in [3.8, 4) is 5.88 Å². The Balaban J connectivity index is 0.00000112. The van der Waals surface area contributed by atoms with Crippen molar-refractivity contribution in [2.24, 2.45) is 5.92 Å². The van der Waals surface area contributed by atoms with Crippen LogP contribution in [0.1, 0.15) is 24.6 Å². The summed E-state index contributed by atoms with van der Waals surface area (Å²) in [5, 5.41) is 12.6. The average Bonchev–Trinajstić information content (AvgIpc) is 2.38. The highest BCUT2D eigenvalue weighted by atomic mass is 35.5. The molecule has 0 saturated heterocycles. The van der Waals surface area contributed by atoms with Crippen molar-refractivity contribution in [2.45, 2.75) is 26.3 Å². The van der Waals surface area contributed by atoms with E-state index in [1.54, 1.807) is 6.07 Å². The standard InChI is InChI=1S/C11H16N2O.ClH/c1-2-8-5-9-3-4-11(14)13-10(9)7-12-6-8;/h3-4,8,12H,2,5-7H2,1H3,(H,13,14);1H/t8-;/m0./s1. The molecule has 1 aromatic rings. The maximum Gasteiger partial charge on any atom is 0.210 e. The van der Waals surface area contributed by atoms with E-state index >= 15 is 0 Å². The van der Waals surface area contributed by atoms with Crippen LogP contribution in [0, 0.1) is 5.92 Å². The van der Waals surface area contributed by atoms with Crippen LogP contribution in [0.5, 0.6) is 5.88 Å². The van der Waals surface area contributed by atoms with Crippen molar-refractivity contribution < 1.29 is 5.11 Å². The molecule has 0 unspecified atom stereocenters. The van der Waals surface area contributed by atoms with E-state index in [0.29, 0.717) is 5.92 Å². The molecule has 0 saturated carbocycles. The van der Waals surface area contributed by atoms with Gasteiger partial charge in [0.05, 0.1) is 5.69 Å². The number of halogens is 1. The van der Waals surface area contributed by atoms with Gasteiger partial charge in [-0.25, -0.2) is 4.98 Å². The molecular formula is C11H17ClN2O. The van der Waals surface area contributed by atoms with Gasteiger partial charge in [0.1, 0.15) is 0 Å². The summed E-state index contributed by atoms with van der Waals surface area (Å²) < 4.78 is 0. The molecule has 1 aliphatic heterocycles. The number of aromatic nitrogens is 1. The van der Waals surface area contributed by atoms with Crippen molar-refractivity contribution in [3.63, 3.8) is 0 Å². The van der Waals surface area contributed by atoms with Gasteiger partial charge in [0.2, 0.25) is 5.88 Å². The largest absolute Gasteiger partial charge is 0.493 e. The smallest absolute Gasteiger partial charge is 0.210 e. The first-order valence-electron chi connectivity index (χ1n) is 5.18. The van der Waals surface area contributed by atoms with Crippen LogP contribution >= 0.6 is 12.4 Å². The van der Waals surface area contributed by atoms with E-state index in [1.807, 2.05) is 6.07 Å². The molecule has 15 heavy (non-hydrogen) atoms. The van der Waals surface area contributed by atoms with Gasteiger partial charge in [-0.15, -0.1) is 12.4 Å². The molecule has 0 aromatic carbocycles. The zero-order valence-electron chi connectivity index (χ0n) is 8.86. The van der Waals surface area contributed by atoms with E-state index in [2.05, 4.69) is 17.2 Å². The molecule has 0 bridgehead atoms. The highest BCUT2D eigenvalue weighted by molar-refractivity contribution is 5.85. The van der Waals surface area contributed by atoms with Crippen LogP contribution < -0.4 is 5.32 Å².